The molecule has 152 valence electrons. The van der Waals surface area contributed by atoms with E-state index in [-0.39, 0.29) is 11.3 Å². The summed E-state index contributed by atoms with van der Waals surface area (Å²) in [5.41, 5.74) is 1.56. The van der Waals surface area contributed by atoms with Gasteiger partial charge >= 0.3 is 11.7 Å². The van der Waals surface area contributed by atoms with Crippen molar-refractivity contribution in [3.8, 4) is 11.5 Å². The van der Waals surface area contributed by atoms with Crippen LogP contribution in [0.25, 0.3) is 11.0 Å². The first-order chi connectivity index (χ1) is 14.0. The summed E-state index contributed by atoms with van der Waals surface area (Å²) in [6, 6.07) is 9.58. The largest absolute Gasteiger partial charge is 0.490 e. The van der Waals surface area contributed by atoms with Crippen molar-refractivity contribution in [3.05, 3.63) is 52.4 Å². The molecule has 0 radical (unpaired) electrons. The lowest BCUT2D eigenvalue weighted by atomic mass is 10.2. The van der Waals surface area contributed by atoms with E-state index in [9.17, 15) is 14.4 Å². The topological polar surface area (TPSA) is 123 Å². The van der Waals surface area contributed by atoms with Gasteiger partial charge in [-0.25, -0.2) is 9.59 Å². The Bertz CT molecular complexity index is 1090. The van der Waals surface area contributed by atoms with Gasteiger partial charge < -0.3 is 29.5 Å². The fourth-order valence-corrected chi connectivity index (χ4v) is 2.70. The molecule has 2 aromatic carbocycles. The van der Waals surface area contributed by atoms with Gasteiger partial charge in [0.05, 0.1) is 29.8 Å². The van der Waals surface area contributed by atoms with E-state index in [1.165, 1.54) is 6.07 Å². The van der Waals surface area contributed by atoms with Crippen LogP contribution in [0.3, 0.4) is 0 Å². The fraction of sp³-hybridized carbons (Fsp3) is 0.250. The van der Waals surface area contributed by atoms with Crippen molar-refractivity contribution in [3.63, 3.8) is 0 Å². The Morgan fingerprint density at radius 2 is 1.66 bits per heavy atom. The second-order valence-corrected chi connectivity index (χ2v) is 5.99. The van der Waals surface area contributed by atoms with Crippen LogP contribution in [0.15, 0.2) is 41.2 Å². The van der Waals surface area contributed by atoms with Crippen LogP contribution in [0.1, 0.15) is 24.2 Å². The molecular weight excluding hydrogens is 378 g/mol. The van der Waals surface area contributed by atoms with Crippen LogP contribution in [-0.4, -0.2) is 41.7 Å². The Hall–Kier alpha value is -3.75. The number of aromatic nitrogens is 2. The molecule has 0 spiro atoms. The third-order valence-corrected chi connectivity index (χ3v) is 3.91. The smallest absolute Gasteiger partial charge is 0.338 e. The summed E-state index contributed by atoms with van der Waals surface area (Å²) in [5.74, 6) is -0.204. The summed E-state index contributed by atoms with van der Waals surface area (Å²) in [5, 5.41) is 2.61. The maximum atomic E-state index is 12.3. The molecule has 0 bridgehead atoms. The number of esters is 1. The van der Waals surface area contributed by atoms with Gasteiger partial charge in [-0.05, 0) is 50.2 Å². The van der Waals surface area contributed by atoms with Gasteiger partial charge in [-0.3, -0.25) is 4.79 Å². The molecule has 9 heteroatoms. The molecular formula is C20H21N3O6. The summed E-state index contributed by atoms with van der Waals surface area (Å²) in [6.07, 6.45) is 0. The molecule has 9 nitrogen and oxygen atoms in total. The zero-order chi connectivity index (χ0) is 20.8. The zero-order valence-corrected chi connectivity index (χ0v) is 16.0. The third-order valence-electron chi connectivity index (χ3n) is 3.91. The van der Waals surface area contributed by atoms with Crippen molar-refractivity contribution in [2.24, 2.45) is 0 Å². The van der Waals surface area contributed by atoms with E-state index in [1.54, 1.807) is 30.3 Å². The van der Waals surface area contributed by atoms with E-state index in [4.69, 9.17) is 14.2 Å². The van der Waals surface area contributed by atoms with Gasteiger partial charge in [0.2, 0.25) is 0 Å². The van der Waals surface area contributed by atoms with E-state index in [2.05, 4.69) is 15.3 Å². The first-order valence-corrected chi connectivity index (χ1v) is 9.08. The number of imidazole rings is 1. The van der Waals surface area contributed by atoms with Crippen LogP contribution in [0.4, 0.5) is 5.69 Å². The molecule has 0 atom stereocenters. The molecule has 0 aliphatic carbocycles. The summed E-state index contributed by atoms with van der Waals surface area (Å²) in [7, 11) is 0. The Kier molecular flexibility index (Phi) is 6.18. The lowest BCUT2D eigenvalue weighted by molar-refractivity contribution is -0.119. The number of hydrogen-bond donors (Lipinski definition) is 3. The molecule has 3 N–H and O–H groups in total. The van der Waals surface area contributed by atoms with Gasteiger partial charge in [0, 0.05) is 5.69 Å². The lowest BCUT2D eigenvalue weighted by Crippen LogP contribution is -2.21. The number of benzene rings is 2. The quantitative estimate of drug-likeness (QED) is 0.500. The number of anilines is 1. The number of carbonyl (C=O) groups is 2. The average molecular weight is 399 g/mol. The van der Waals surface area contributed by atoms with Crippen molar-refractivity contribution >= 4 is 28.6 Å². The van der Waals surface area contributed by atoms with Gasteiger partial charge in [0.25, 0.3) is 5.91 Å². The van der Waals surface area contributed by atoms with E-state index in [0.717, 1.165) is 0 Å². The Morgan fingerprint density at radius 1 is 0.931 bits per heavy atom. The minimum absolute atomic E-state index is 0.246. The Morgan fingerprint density at radius 3 is 2.41 bits per heavy atom. The molecule has 29 heavy (non-hydrogen) atoms. The molecule has 1 heterocycles. The van der Waals surface area contributed by atoms with Crippen molar-refractivity contribution in [1.82, 2.24) is 9.97 Å². The van der Waals surface area contributed by atoms with Gasteiger partial charge in [0.1, 0.15) is 0 Å². The second kappa shape index (κ2) is 8.96. The van der Waals surface area contributed by atoms with Crippen molar-refractivity contribution in [1.29, 1.82) is 0 Å². The summed E-state index contributed by atoms with van der Waals surface area (Å²) < 4.78 is 16.0. The average Bonchev–Trinajstić information content (AvgIpc) is 3.07. The number of hydrogen-bond acceptors (Lipinski definition) is 6. The molecule has 0 fully saturated rings. The predicted octanol–water partition coefficient (Wildman–Crippen LogP) is 2.45. The number of aromatic amines is 2. The lowest BCUT2D eigenvalue weighted by Gasteiger charge is -2.12. The number of H-pyrrole nitrogens is 2. The van der Waals surface area contributed by atoms with Gasteiger partial charge in [-0.1, -0.05) is 0 Å². The normalized spacial score (nSPS) is 10.6. The summed E-state index contributed by atoms with van der Waals surface area (Å²) >= 11 is 0. The highest BCUT2D eigenvalue weighted by Gasteiger charge is 2.14. The molecule has 1 aromatic heterocycles. The number of ether oxygens (including phenoxy) is 3. The molecule has 0 aliphatic rings. The minimum atomic E-state index is -0.658. The minimum Gasteiger partial charge on any atom is -0.490 e. The monoisotopic (exact) mass is 399 g/mol. The van der Waals surface area contributed by atoms with E-state index in [0.29, 0.717) is 41.4 Å². The van der Waals surface area contributed by atoms with Crippen LogP contribution >= 0.6 is 0 Å². The highest BCUT2D eigenvalue weighted by molar-refractivity contribution is 5.96. The van der Waals surface area contributed by atoms with Gasteiger partial charge in [-0.2, -0.15) is 0 Å². The summed E-state index contributed by atoms with van der Waals surface area (Å²) in [6.45, 7) is 4.09. The number of rotatable bonds is 8. The molecule has 1 amide bonds. The van der Waals surface area contributed by atoms with Crippen LogP contribution < -0.4 is 20.5 Å². The fourth-order valence-electron chi connectivity index (χ4n) is 2.70. The Labute approximate surface area is 166 Å². The zero-order valence-electron chi connectivity index (χ0n) is 16.0. The molecule has 0 saturated carbocycles. The Balaban J connectivity index is 1.60. The molecule has 0 unspecified atom stereocenters. The number of carbonyl (C=O) groups excluding carboxylic acids is 2. The van der Waals surface area contributed by atoms with Crippen molar-refractivity contribution in [2.75, 3.05) is 25.1 Å². The first kappa shape index (κ1) is 20.0. The standard InChI is InChI=1S/C20H21N3O6/c1-3-27-16-8-5-12(9-17(16)28-4-2)19(25)29-11-18(24)21-13-6-7-14-15(10-13)23-20(26)22-14/h5-10H,3-4,11H2,1-2H3,(H,21,24)(H2,22,23,26). The number of nitrogens with one attached hydrogen (secondary N) is 3. The van der Waals surface area contributed by atoms with Crippen LogP contribution in [0.2, 0.25) is 0 Å². The predicted molar refractivity (Wildman–Crippen MR) is 107 cm³/mol. The highest BCUT2D eigenvalue weighted by Crippen LogP contribution is 2.28. The van der Waals surface area contributed by atoms with E-state index < -0.39 is 18.5 Å². The number of fused-ring (bicyclic) bond motifs is 1. The molecule has 3 rings (SSSR count). The van der Waals surface area contributed by atoms with Crippen molar-refractivity contribution in [2.45, 2.75) is 13.8 Å². The van der Waals surface area contributed by atoms with Crippen LogP contribution in [0, 0.1) is 0 Å². The third kappa shape index (κ3) is 4.95. The second-order valence-electron chi connectivity index (χ2n) is 5.99. The maximum absolute atomic E-state index is 12.3. The van der Waals surface area contributed by atoms with E-state index >= 15 is 0 Å². The van der Waals surface area contributed by atoms with Crippen LogP contribution in [0.5, 0.6) is 11.5 Å². The molecule has 0 saturated heterocycles. The number of amides is 1. The maximum Gasteiger partial charge on any atom is 0.338 e. The SMILES string of the molecule is CCOc1ccc(C(=O)OCC(=O)Nc2ccc3[nH]c(=O)[nH]c3c2)cc1OCC. The van der Waals surface area contributed by atoms with Gasteiger partial charge in [0.15, 0.2) is 18.1 Å². The summed E-state index contributed by atoms with van der Waals surface area (Å²) in [4.78, 5) is 40.8. The highest BCUT2D eigenvalue weighted by atomic mass is 16.5. The van der Waals surface area contributed by atoms with Gasteiger partial charge in [-0.15, -0.1) is 0 Å². The molecule has 3 aromatic rings. The van der Waals surface area contributed by atoms with Crippen molar-refractivity contribution < 1.29 is 23.8 Å². The first-order valence-electron chi connectivity index (χ1n) is 9.08. The molecule has 0 aliphatic heterocycles. The van der Waals surface area contributed by atoms with Crippen LogP contribution in [-0.2, 0) is 9.53 Å². The van der Waals surface area contributed by atoms with E-state index in [1.807, 2.05) is 13.8 Å².